The Bertz CT molecular complexity index is 365. The molecule has 102 valence electrons. The molecule has 4 heteroatoms. The zero-order valence-electron chi connectivity index (χ0n) is 11.5. The van der Waals surface area contributed by atoms with E-state index in [4.69, 9.17) is 10.5 Å². The van der Waals surface area contributed by atoms with Gasteiger partial charge in [0.15, 0.2) is 0 Å². The third-order valence-electron chi connectivity index (χ3n) is 3.30. The average Bonchev–Trinajstić information content (AvgIpc) is 2.39. The molecule has 0 unspecified atom stereocenters. The van der Waals surface area contributed by atoms with Crippen LogP contribution >= 0.6 is 0 Å². The zero-order valence-corrected chi connectivity index (χ0v) is 11.5. The third kappa shape index (κ3) is 3.07. The number of nitrogens with two attached hydrogens (primary N) is 1. The average molecular weight is 252 g/mol. The molecule has 0 aliphatic rings. The van der Waals surface area contributed by atoms with Gasteiger partial charge in [-0.1, -0.05) is 19.9 Å². The summed E-state index contributed by atoms with van der Waals surface area (Å²) >= 11 is 0. The molecule has 4 nitrogen and oxygen atoms in total. The van der Waals surface area contributed by atoms with Crippen LogP contribution in [0.25, 0.3) is 0 Å². The highest BCUT2D eigenvalue weighted by molar-refractivity contribution is 5.74. The van der Waals surface area contributed by atoms with Crippen LogP contribution in [0.2, 0.25) is 0 Å². The first-order chi connectivity index (χ1) is 8.69. The summed E-state index contributed by atoms with van der Waals surface area (Å²) in [5.74, 6) is 0.682. The lowest BCUT2D eigenvalue weighted by atomic mass is 10.1. The summed E-state index contributed by atoms with van der Waals surface area (Å²) in [6.45, 7) is 5.00. The van der Waals surface area contributed by atoms with Crippen LogP contribution in [0.3, 0.4) is 0 Å². The van der Waals surface area contributed by atoms with Gasteiger partial charge in [-0.15, -0.1) is 0 Å². The maximum absolute atomic E-state index is 9.24. The molecule has 0 spiro atoms. The van der Waals surface area contributed by atoms with Crippen LogP contribution in [-0.4, -0.2) is 31.4 Å². The Morgan fingerprint density at radius 1 is 1.33 bits per heavy atom. The van der Waals surface area contributed by atoms with E-state index in [0.717, 1.165) is 18.5 Å². The molecule has 0 bridgehead atoms. The van der Waals surface area contributed by atoms with Crippen molar-refractivity contribution in [3.8, 4) is 5.75 Å². The Hall–Kier alpha value is -1.42. The molecule has 0 saturated carbocycles. The standard InChI is InChI=1S/C14H24N2O2/c1-4-11(5-2)16(9-10-17)12-7-6-8-13(18-3)14(12)15/h6-8,11,17H,4-5,9-10,15H2,1-3H3. The highest BCUT2D eigenvalue weighted by Crippen LogP contribution is 2.33. The minimum absolute atomic E-state index is 0.118. The monoisotopic (exact) mass is 252 g/mol. The van der Waals surface area contributed by atoms with E-state index >= 15 is 0 Å². The molecule has 0 aromatic heterocycles. The molecular weight excluding hydrogens is 228 g/mol. The van der Waals surface area contributed by atoms with Crippen LogP contribution in [-0.2, 0) is 0 Å². The second kappa shape index (κ2) is 7.11. The number of hydrogen-bond donors (Lipinski definition) is 2. The van der Waals surface area contributed by atoms with Gasteiger partial charge in [0.1, 0.15) is 5.75 Å². The minimum atomic E-state index is 0.118. The SMILES string of the molecule is CCC(CC)N(CCO)c1cccc(OC)c1N. The lowest BCUT2D eigenvalue weighted by Crippen LogP contribution is -2.37. The molecule has 0 aliphatic carbocycles. The zero-order chi connectivity index (χ0) is 13.5. The molecule has 0 fully saturated rings. The smallest absolute Gasteiger partial charge is 0.143 e. The van der Waals surface area contributed by atoms with Gasteiger partial charge in [0.2, 0.25) is 0 Å². The molecule has 0 amide bonds. The van der Waals surface area contributed by atoms with E-state index in [2.05, 4.69) is 18.7 Å². The maximum Gasteiger partial charge on any atom is 0.143 e. The van der Waals surface area contributed by atoms with E-state index < -0.39 is 0 Å². The van der Waals surface area contributed by atoms with Crippen LogP contribution in [0.4, 0.5) is 11.4 Å². The van der Waals surface area contributed by atoms with Gasteiger partial charge in [-0.2, -0.15) is 0 Å². The van der Waals surface area contributed by atoms with Crippen molar-refractivity contribution in [1.82, 2.24) is 0 Å². The summed E-state index contributed by atoms with van der Waals surface area (Å²) in [5.41, 5.74) is 7.70. The molecule has 1 aromatic carbocycles. The quantitative estimate of drug-likeness (QED) is 0.731. The summed E-state index contributed by atoms with van der Waals surface area (Å²) < 4.78 is 5.25. The van der Waals surface area contributed by atoms with Crippen molar-refractivity contribution in [3.63, 3.8) is 0 Å². The van der Waals surface area contributed by atoms with Gasteiger partial charge in [0.05, 0.1) is 25.1 Å². The second-order valence-corrected chi connectivity index (χ2v) is 4.28. The first-order valence-electron chi connectivity index (χ1n) is 6.49. The van der Waals surface area contributed by atoms with Crippen molar-refractivity contribution >= 4 is 11.4 Å². The molecule has 0 radical (unpaired) electrons. The predicted octanol–water partition coefficient (Wildman–Crippen LogP) is 2.26. The van der Waals surface area contributed by atoms with Crippen LogP contribution < -0.4 is 15.4 Å². The number of nitrogen functional groups attached to an aromatic ring is 1. The summed E-state index contributed by atoms with van der Waals surface area (Å²) in [7, 11) is 1.61. The van der Waals surface area contributed by atoms with Crippen molar-refractivity contribution < 1.29 is 9.84 Å². The summed E-state index contributed by atoms with van der Waals surface area (Å²) in [6, 6.07) is 6.14. The Morgan fingerprint density at radius 2 is 2.00 bits per heavy atom. The number of anilines is 2. The lowest BCUT2D eigenvalue weighted by molar-refractivity contribution is 0.296. The highest BCUT2D eigenvalue weighted by Gasteiger charge is 2.18. The van der Waals surface area contributed by atoms with E-state index in [1.165, 1.54) is 0 Å². The number of aliphatic hydroxyl groups is 1. The molecular formula is C14H24N2O2. The van der Waals surface area contributed by atoms with Crippen molar-refractivity contribution in [2.45, 2.75) is 32.7 Å². The van der Waals surface area contributed by atoms with Crippen molar-refractivity contribution in [3.05, 3.63) is 18.2 Å². The Morgan fingerprint density at radius 3 is 2.50 bits per heavy atom. The van der Waals surface area contributed by atoms with Gasteiger partial charge < -0.3 is 20.5 Å². The number of benzene rings is 1. The van der Waals surface area contributed by atoms with Crippen LogP contribution in [0.15, 0.2) is 18.2 Å². The molecule has 0 aliphatic heterocycles. The first kappa shape index (κ1) is 14.6. The maximum atomic E-state index is 9.24. The Balaban J connectivity index is 3.12. The fourth-order valence-corrected chi connectivity index (χ4v) is 2.30. The van der Waals surface area contributed by atoms with E-state index in [1.54, 1.807) is 7.11 Å². The van der Waals surface area contributed by atoms with Gasteiger partial charge in [-0.25, -0.2) is 0 Å². The van der Waals surface area contributed by atoms with Gasteiger partial charge in [0, 0.05) is 12.6 Å². The van der Waals surface area contributed by atoms with E-state index in [9.17, 15) is 5.11 Å². The molecule has 1 aromatic rings. The van der Waals surface area contributed by atoms with Gasteiger partial charge >= 0.3 is 0 Å². The number of nitrogens with zero attached hydrogens (tertiary/aromatic N) is 1. The first-order valence-corrected chi connectivity index (χ1v) is 6.49. The van der Waals surface area contributed by atoms with Crippen LogP contribution in [0, 0.1) is 0 Å². The van der Waals surface area contributed by atoms with E-state index in [-0.39, 0.29) is 6.61 Å². The molecule has 0 heterocycles. The van der Waals surface area contributed by atoms with Crippen LogP contribution in [0.5, 0.6) is 5.75 Å². The number of para-hydroxylation sites is 1. The minimum Gasteiger partial charge on any atom is -0.495 e. The molecule has 0 saturated heterocycles. The second-order valence-electron chi connectivity index (χ2n) is 4.28. The largest absolute Gasteiger partial charge is 0.495 e. The summed E-state index contributed by atoms with van der Waals surface area (Å²) in [6.07, 6.45) is 2.04. The molecule has 18 heavy (non-hydrogen) atoms. The number of ether oxygens (including phenoxy) is 1. The van der Waals surface area contributed by atoms with Gasteiger partial charge in [-0.05, 0) is 25.0 Å². The Labute approximate surface area is 109 Å². The third-order valence-corrected chi connectivity index (χ3v) is 3.30. The fraction of sp³-hybridized carbons (Fsp3) is 0.571. The summed E-state index contributed by atoms with van der Waals surface area (Å²) in [5, 5.41) is 9.24. The fourth-order valence-electron chi connectivity index (χ4n) is 2.30. The van der Waals surface area contributed by atoms with E-state index in [1.807, 2.05) is 18.2 Å². The summed E-state index contributed by atoms with van der Waals surface area (Å²) in [4.78, 5) is 2.16. The molecule has 1 rings (SSSR count). The number of hydrogen-bond acceptors (Lipinski definition) is 4. The number of rotatable bonds is 7. The molecule has 3 N–H and O–H groups in total. The van der Waals surface area contributed by atoms with E-state index in [0.29, 0.717) is 24.0 Å². The number of methoxy groups -OCH3 is 1. The van der Waals surface area contributed by atoms with Crippen LogP contribution in [0.1, 0.15) is 26.7 Å². The molecule has 0 atom stereocenters. The van der Waals surface area contributed by atoms with Crippen molar-refractivity contribution in [2.24, 2.45) is 0 Å². The van der Waals surface area contributed by atoms with Gasteiger partial charge in [0.25, 0.3) is 0 Å². The lowest BCUT2D eigenvalue weighted by Gasteiger charge is -2.33. The topological polar surface area (TPSA) is 58.7 Å². The van der Waals surface area contributed by atoms with Gasteiger partial charge in [-0.3, -0.25) is 0 Å². The van der Waals surface area contributed by atoms with Crippen molar-refractivity contribution in [2.75, 3.05) is 30.9 Å². The normalized spacial score (nSPS) is 10.7. The Kier molecular flexibility index (Phi) is 5.78. The predicted molar refractivity (Wildman–Crippen MR) is 76.2 cm³/mol. The highest BCUT2D eigenvalue weighted by atomic mass is 16.5. The number of aliphatic hydroxyl groups excluding tert-OH is 1. The van der Waals surface area contributed by atoms with Crippen molar-refractivity contribution in [1.29, 1.82) is 0 Å².